The van der Waals surface area contributed by atoms with Crippen LogP contribution in [0.4, 0.5) is 0 Å². The predicted octanol–water partition coefficient (Wildman–Crippen LogP) is 2.56. The highest BCUT2D eigenvalue weighted by atomic mass is 14.9. The van der Waals surface area contributed by atoms with Crippen LogP contribution in [0.3, 0.4) is 0 Å². The van der Waals surface area contributed by atoms with E-state index < -0.39 is 0 Å². The second-order valence-corrected chi connectivity index (χ2v) is 3.89. The van der Waals surface area contributed by atoms with Crippen molar-refractivity contribution in [3.63, 3.8) is 0 Å². The molecule has 2 N–H and O–H groups in total. The fraction of sp³-hybridized carbons (Fsp3) is 0.231. The molecule has 0 saturated heterocycles. The molecule has 1 aromatic carbocycles. The van der Waals surface area contributed by atoms with E-state index in [0.717, 1.165) is 6.54 Å². The summed E-state index contributed by atoms with van der Waals surface area (Å²) in [6.45, 7) is 2.91. The Kier molecular flexibility index (Phi) is 2.88. The van der Waals surface area contributed by atoms with Gasteiger partial charge in [0, 0.05) is 25.0 Å². The largest absolute Gasteiger partial charge is 0.350 e. The van der Waals surface area contributed by atoms with E-state index >= 15 is 0 Å². The first kappa shape index (κ1) is 9.99. The average molecular weight is 200 g/mol. The molecule has 0 radical (unpaired) electrons. The highest BCUT2D eigenvalue weighted by Gasteiger charge is 2.01. The molecule has 2 heteroatoms. The van der Waals surface area contributed by atoms with Crippen molar-refractivity contribution in [2.24, 2.45) is 5.73 Å². The van der Waals surface area contributed by atoms with Gasteiger partial charge >= 0.3 is 0 Å². The van der Waals surface area contributed by atoms with Crippen molar-refractivity contribution in [1.29, 1.82) is 0 Å². The fourth-order valence-corrected chi connectivity index (χ4v) is 1.62. The van der Waals surface area contributed by atoms with Crippen molar-refractivity contribution in [2.75, 3.05) is 0 Å². The van der Waals surface area contributed by atoms with E-state index in [1.54, 1.807) is 0 Å². The lowest BCUT2D eigenvalue weighted by molar-refractivity contribution is 0.777. The molecule has 1 heterocycles. The van der Waals surface area contributed by atoms with Gasteiger partial charge in [0.15, 0.2) is 0 Å². The monoisotopic (exact) mass is 200 g/mol. The first-order valence-corrected chi connectivity index (χ1v) is 5.21. The number of hydrogen-bond donors (Lipinski definition) is 1. The normalized spacial score (nSPS) is 12.7. The molecule has 1 unspecified atom stereocenters. The molecular formula is C13H16N2. The van der Waals surface area contributed by atoms with Gasteiger partial charge in [-0.15, -0.1) is 0 Å². The van der Waals surface area contributed by atoms with Crippen LogP contribution in [-0.2, 0) is 6.54 Å². The molecule has 0 aliphatic carbocycles. The first-order chi connectivity index (χ1) is 7.25. The summed E-state index contributed by atoms with van der Waals surface area (Å²) in [6.07, 6.45) is 4.18. The molecule has 15 heavy (non-hydrogen) atoms. The van der Waals surface area contributed by atoms with Crippen molar-refractivity contribution in [2.45, 2.75) is 19.5 Å². The summed E-state index contributed by atoms with van der Waals surface area (Å²) in [5, 5.41) is 0. The van der Waals surface area contributed by atoms with Crippen molar-refractivity contribution in [3.8, 4) is 0 Å². The van der Waals surface area contributed by atoms with Crippen LogP contribution in [0.1, 0.15) is 24.1 Å². The third kappa shape index (κ3) is 2.48. The Bertz CT molecular complexity index is 415. The second kappa shape index (κ2) is 4.32. The first-order valence-electron chi connectivity index (χ1n) is 5.21. The van der Waals surface area contributed by atoms with Gasteiger partial charge in [-0.25, -0.2) is 0 Å². The minimum atomic E-state index is 0.113. The van der Waals surface area contributed by atoms with E-state index in [1.807, 2.05) is 13.0 Å². The number of nitrogens with two attached hydrogens (primary N) is 1. The van der Waals surface area contributed by atoms with E-state index in [-0.39, 0.29) is 6.04 Å². The summed E-state index contributed by atoms with van der Waals surface area (Å²) in [5.41, 5.74) is 8.30. The Morgan fingerprint density at radius 3 is 2.53 bits per heavy atom. The van der Waals surface area contributed by atoms with Crippen LogP contribution in [0.2, 0.25) is 0 Å². The zero-order valence-corrected chi connectivity index (χ0v) is 8.93. The van der Waals surface area contributed by atoms with Gasteiger partial charge < -0.3 is 10.3 Å². The van der Waals surface area contributed by atoms with Crippen molar-refractivity contribution < 1.29 is 0 Å². The number of benzene rings is 1. The zero-order valence-electron chi connectivity index (χ0n) is 8.93. The molecule has 0 bridgehead atoms. The maximum Gasteiger partial charge on any atom is 0.0470 e. The Labute approximate surface area is 90.3 Å². The molecule has 1 atom stereocenters. The van der Waals surface area contributed by atoms with Crippen LogP contribution in [0.5, 0.6) is 0 Å². The summed E-state index contributed by atoms with van der Waals surface area (Å²) in [5.74, 6) is 0. The lowest BCUT2D eigenvalue weighted by Gasteiger charge is -2.03. The van der Waals surface area contributed by atoms with E-state index in [0.29, 0.717) is 0 Å². The van der Waals surface area contributed by atoms with Crippen LogP contribution in [0.25, 0.3) is 0 Å². The second-order valence-electron chi connectivity index (χ2n) is 3.89. The molecule has 1 aromatic heterocycles. The van der Waals surface area contributed by atoms with E-state index in [1.165, 1.54) is 11.1 Å². The number of nitrogens with zero attached hydrogens (tertiary/aromatic N) is 1. The molecule has 2 rings (SSSR count). The highest BCUT2D eigenvalue weighted by Crippen LogP contribution is 2.11. The number of aromatic nitrogens is 1. The minimum absolute atomic E-state index is 0.113. The van der Waals surface area contributed by atoms with Crippen LogP contribution in [0.15, 0.2) is 48.8 Å². The quantitative estimate of drug-likeness (QED) is 0.811. The maximum absolute atomic E-state index is 5.81. The van der Waals surface area contributed by atoms with E-state index in [9.17, 15) is 0 Å². The van der Waals surface area contributed by atoms with Crippen LogP contribution in [0, 0.1) is 0 Å². The lowest BCUT2D eigenvalue weighted by atomic mass is 10.2. The molecule has 78 valence electrons. The van der Waals surface area contributed by atoms with Crippen LogP contribution < -0.4 is 5.73 Å². The molecule has 0 spiro atoms. The molecule has 0 aliphatic heterocycles. The van der Waals surface area contributed by atoms with Crippen molar-refractivity contribution >= 4 is 0 Å². The SMILES string of the molecule is CC(N)c1ccn(Cc2ccccc2)c1. The highest BCUT2D eigenvalue weighted by molar-refractivity contribution is 5.18. The summed E-state index contributed by atoms with van der Waals surface area (Å²) in [4.78, 5) is 0. The molecule has 0 saturated carbocycles. The number of hydrogen-bond acceptors (Lipinski definition) is 1. The smallest absolute Gasteiger partial charge is 0.0470 e. The minimum Gasteiger partial charge on any atom is -0.350 e. The van der Waals surface area contributed by atoms with E-state index in [4.69, 9.17) is 5.73 Å². The topological polar surface area (TPSA) is 30.9 Å². The molecule has 2 nitrogen and oxygen atoms in total. The van der Waals surface area contributed by atoms with Gasteiger partial charge in [0.2, 0.25) is 0 Å². The zero-order chi connectivity index (χ0) is 10.7. The van der Waals surface area contributed by atoms with Crippen LogP contribution >= 0.6 is 0 Å². The van der Waals surface area contributed by atoms with E-state index in [2.05, 4.69) is 47.3 Å². The van der Waals surface area contributed by atoms with Gasteiger partial charge in [-0.3, -0.25) is 0 Å². The fourth-order valence-electron chi connectivity index (χ4n) is 1.62. The van der Waals surface area contributed by atoms with Gasteiger partial charge in [0.25, 0.3) is 0 Å². The summed E-state index contributed by atoms with van der Waals surface area (Å²) in [6, 6.07) is 12.6. The maximum atomic E-state index is 5.81. The molecule has 0 amide bonds. The summed E-state index contributed by atoms with van der Waals surface area (Å²) >= 11 is 0. The molecular weight excluding hydrogens is 184 g/mol. The average Bonchev–Trinajstić information content (AvgIpc) is 2.68. The lowest BCUT2D eigenvalue weighted by Crippen LogP contribution is -2.03. The van der Waals surface area contributed by atoms with Gasteiger partial charge in [-0.1, -0.05) is 30.3 Å². The van der Waals surface area contributed by atoms with Crippen molar-refractivity contribution in [3.05, 3.63) is 59.9 Å². The molecule has 0 fully saturated rings. The van der Waals surface area contributed by atoms with Crippen molar-refractivity contribution in [1.82, 2.24) is 4.57 Å². The van der Waals surface area contributed by atoms with Crippen LogP contribution in [-0.4, -0.2) is 4.57 Å². The van der Waals surface area contributed by atoms with Gasteiger partial charge in [-0.05, 0) is 24.1 Å². The van der Waals surface area contributed by atoms with Gasteiger partial charge in [0.05, 0.1) is 0 Å². The third-order valence-corrected chi connectivity index (χ3v) is 2.51. The Hall–Kier alpha value is -1.54. The molecule has 2 aromatic rings. The van der Waals surface area contributed by atoms with Gasteiger partial charge in [0.1, 0.15) is 0 Å². The summed E-state index contributed by atoms with van der Waals surface area (Å²) < 4.78 is 2.16. The molecule has 0 aliphatic rings. The third-order valence-electron chi connectivity index (χ3n) is 2.51. The number of rotatable bonds is 3. The Morgan fingerprint density at radius 1 is 1.20 bits per heavy atom. The predicted molar refractivity (Wildman–Crippen MR) is 62.6 cm³/mol. The standard InChI is InChI=1S/C13H16N2/c1-11(14)13-7-8-15(10-13)9-12-5-3-2-4-6-12/h2-8,10-11H,9,14H2,1H3. The Balaban J connectivity index is 2.12. The Morgan fingerprint density at radius 2 is 1.93 bits per heavy atom. The van der Waals surface area contributed by atoms with Gasteiger partial charge in [-0.2, -0.15) is 0 Å². The summed E-state index contributed by atoms with van der Waals surface area (Å²) in [7, 11) is 0.